The molecule has 2 N–H and O–H groups in total. The molecule has 0 aliphatic carbocycles. The van der Waals surface area contributed by atoms with Crippen LogP contribution in [0, 0.1) is 6.92 Å². The Labute approximate surface area is 153 Å². The van der Waals surface area contributed by atoms with Gasteiger partial charge >= 0.3 is 6.03 Å². The van der Waals surface area contributed by atoms with E-state index in [0.717, 1.165) is 23.1 Å². The summed E-state index contributed by atoms with van der Waals surface area (Å²) < 4.78 is 0. The lowest BCUT2D eigenvalue weighted by atomic mass is 10.1. The second-order valence-corrected chi connectivity index (χ2v) is 6.67. The number of amides is 2. The first-order chi connectivity index (χ1) is 12.5. The molecule has 1 aromatic heterocycles. The molecule has 7 heteroatoms. The van der Waals surface area contributed by atoms with Crippen molar-refractivity contribution in [2.75, 3.05) is 32.5 Å². The first kappa shape index (κ1) is 17.9. The van der Waals surface area contributed by atoms with Crippen molar-refractivity contribution in [3.05, 3.63) is 53.6 Å². The number of aryl methyl sites for hydroxylation is 1. The SMILES string of the molecule is Cc1ccc(CN(CCN(C)C)C(=O)Nc2ccc3n[nH]nc3c2)cc1. The van der Waals surface area contributed by atoms with Crippen LogP contribution in [-0.4, -0.2) is 58.4 Å². The summed E-state index contributed by atoms with van der Waals surface area (Å²) in [5, 5.41) is 13.6. The number of fused-ring (bicyclic) bond motifs is 1. The molecular weight excluding hydrogens is 328 g/mol. The Balaban J connectivity index is 1.73. The highest BCUT2D eigenvalue weighted by atomic mass is 16.2. The van der Waals surface area contributed by atoms with E-state index in [0.29, 0.717) is 18.8 Å². The number of benzene rings is 2. The fourth-order valence-electron chi connectivity index (χ4n) is 2.61. The number of carbonyl (C=O) groups is 1. The molecule has 136 valence electrons. The van der Waals surface area contributed by atoms with Crippen molar-refractivity contribution in [1.29, 1.82) is 0 Å². The summed E-state index contributed by atoms with van der Waals surface area (Å²) >= 11 is 0. The average Bonchev–Trinajstić information content (AvgIpc) is 3.07. The maximum atomic E-state index is 12.8. The first-order valence-electron chi connectivity index (χ1n) is 8.58. The number of urea groups is 1. The van der Waals surface area contributed by atoms with E-state index in [4.69, 9.17) is 0 Å². The van der Waals surface area contributed by atoms with Gasteiger partial charge in [-0.3, -0.25) is 0 Å². The third-order valence-electron chi connectivity index (χ3n) is 4.17. The second kappa shape index (κ2) is 7.97. The summed E-state index contributed by atoms with van der Waals surface area (Å²) in [6.07, 6.45) is 0. The number of aromatic amines is 1. The van der Waals surface area contributed by atoms with Gasteiger partial charge in [-0.1, -0.05) is 29.8 Å². The molecule has 0 bridgehead atoms. The quantitative estimate of drug-likeness (QED) is 0.715. The van der Waals surface area contributed by atoms with Crippen molar-refractivity contribution in [2.45, 2.75) is 13.5 Å². The number of nitrogens with one attached hydrogen (secondary N) is 2. The standard InChI is InChI=1S/C19H24N6O/c1-14-4-6-15(7-5-14)13-25(11-10-24(2)3)19(26)20-16-8-9-17-18(12-16)22-23-21-17/h4-9,12H,10-11,13H2,1-3H3,(H,20,26)(H,21,22,23). The number of aromatic nitrogens is 3. The number of hydrogen-bond acceptors (Lipinski definition) is 4. The monoisotopic (exact) mass is 352 g/mol. The van der Waals surface area contributed by atoms with Gasteiger partial charge in [0.1, 0.15) is 11.0 Å². The largest absolute Gasteiger partial charge is 0.322 e. The van der Waals surface area contributed by atoms with Crippen molar-refractivity contribution in [2.24, 2.45) is 0 Å². The molecule has 0 saturated carbocycles. The minimum absolute atomic E-state index is 0.129. The van der Waals surface area contributed by atoms with Crippen molar-refractivity contribution < 1.29 is 4.79 Å². The van der Waals surface area contributed by atoms with Crippen LogP contribution in [0.5, 0.6) is 0 Å². The zero-order valence-electron chi connectivity index (χ0n) is 15.4. The van der Waals surface area contributed by atoms with E-state index in [1.807, 2.05) is 37.2 Å². The molecule has 2 aromatic carbocycles. The van der Waals surface area contributed by atoms with Crippen LogP contribution >= 0.6 is 0 Å². The molecule has 0 aliphatic heterocycles. The molecule has 0 fully saturated rings. The Morgan fingerprint density at radius 3 is 2.50 bits per heavy atom. The molecule has 0 aliphatic rings. The van der Waals surface area contributed by atoms with Gasteiger partial charge in [-0.05, 0) is 44.8 Å². The highest BCUT2D eigenvalue weighted by Crippen LogP contribution is 2.16. The molecule has 0 spiro atoms. The number of likely N-dealkylation sites (N-methyl/N-ethyl adjacent to an activating group) is 1. The third-order valence-corrected chi connectivity index (χ3v) is 4.17. The van der Waals surface area contributed by atoms with E-state index in [-0.39, 0.29) is 6.03 Å². The van der Waals surface area contributed by atoms with Crippen LogP contribution in [0.1, 0.15) is 11.1 Å². The van der Waals surface area contributed by atoms with Crippen LogP contribution in [-0.2, 0) is 6.54 Å². The van der Waals surface area contributed by atoms with Gasteiger partial charge in [-0.15, -0.1) is 0 Å². The predicted molar refractivity (Wildman–Crippen MR) is 103 cm³/mol. The van der Waals surface area contributed by atoms with Gasteiger partial charge in [0.05, 0.1) is 0 Å². The predicted octanol–water partition coefficient (Wildman–Crippen LogP) is 2.86. The Hall–Kier alpha value is -2.93. The number of nitrogens with zero attached hydrogens (tertiary/aromatic N) is 4. The number of anilines is 1. The van der Waals surface area contributed by atoms with Crippen LogP contribution < -0.4 is 5.32 Å². The van der Waals surface area contributed by atoms with Gasteiger partial charge in [0, 0.05) is 25.3 Å². The zero-order chi connectivity index (χ0) is 18.5. The lowest BCUT2D eigenvalue weighted by Gasteiger charge is -2.25. The lowest BCUT2D eigenvalue weighted by molar-refractivity contribution is 0.202. The lowest BCUT2D eigenvalue weighted by Crippen LogP contribution is -2.39. The maximum Gasteiger partial charge on any atom is 0.322 e. The van der Waals surface area contributed by atoms with Gasteiger partial charge in [0.25, 0.3) is 0 Å². The second-order valence-electron chi connectivity index (χ2n) is 6.67. The summed E-state index contributed by atoms with van der Waals surface area (Å²) in [5.74, 6) is 0. The molecule has 0 radical (unpaired) electrons. The Morgan fingerprint density at radius 2 is 1.77 bits per heavy atom. The summed E-state index contributed by atoms with van der Waals surface area (Å²) in [4.78, 5) is 16.7. The smallest absolute Gasteiger partial charge is 0.319 e. The molecule has 3 aromatic rings. The number of carbonyl (C=O) groups excluding carboxylic acids is 1. The first-order valence-corrected chi connectivity index (χ1v) is 8.58. The van der Waals surface area contributed by atoms with E-state index in [2.05, 4.69) is 56.8 Å². The molecule has 7 nitrogen and oxygen atoms in total. The van der Waals surface area contributed by atoms with Crippen LogP contribution in [0.3, 0.4) is 0 Å². The number of rotatable bonds is 6. The average molecular weight is 352 g/mol. The van der Waals surface area contributed by atoms with E-state index in [9.17, 15) is 4.79 Å². The van der Waals surface area contributed by atoms with Crippen LogP contribution in [0.4, 0.5) is 10.5 Å². The Bertz CT molecular complexity index is 871. The van der Waals surface area contributed by atoms with E-state index in [1.54, 1.807) is 0 Å². The van der Waals surface area contributed by atoms with Crippen molar-refractivity contribution in [3.63, 3.8) is 0 Å². The van der Waals surface area contributed by atoms with Gasteiger partial charge in [-0.25, -0.2) is 4.79 Å². The summed E-state index contributed by atoms with van der Waals surface area (Å²) in [6, 6.07) is 13.6. The number of H-pyrrole nitrogens is 1. The van der Waals surface area contributed by atoms with E-state index < -0.39 is 0 Å². The van der Waals surface area contributed by atoms with Gasteiger partial charge in [0.2, 0.25) is 0 Å². The summed E-state index contributed by atoms with van der Waals surface area (Å²) in [7, 11) is 4.00. The molecule has 1 heterocycles. The normalized spacial score (nSPS) is 11.1. The van der Waals surface area contributed by atoms with Crippen LogP contribution in [0.2, 0.25) is 0 Å². The molecular formula is C19H24N6O. The van der Waals surface area contributed by atoms with Crippen LogP contribution in [0.15, 0.2) is 42.5 Å². The Morgan fingerprint density at radius 1 is 1.04 bits per heavy atom. The molecule has 2 amide bonds. The third kappa shape index (κ3) is 4.58. The topological polar surface area (TPSA) is 77.1 Å². The maximum absolute atomic E-state index is 12.8. The fraction of sp³-hybridized carbons (Fsp3) is 0.316. The van der Waals surface area contributed by atoms with E-state index >= 15 is 0 Å². The summed E-state index contributed by atoms with van der Waals surface area (Å²) in [6.45, 7) is 4.05. The minimum atomic E-state index is -0.129. The fourth-order valence-corrected chi connectivity index (χ4v) is 2.61. The molecule has 3 rings (SSSR count). The number of hydrogen-bond donors (Lipinski definition) is 2. The van der Waals surface area contributed by atoms with Gasteiger partial charge < -0.3 is 15.1 Å². The van der Waals surface area contributed by atoms with Gasteiger partial charge in [0.15, 0.2) is 0 Å². The highest BCUT2D eigenvalue weighted by Gasteiger charge is 2.15. The van der Waals surface area contributed by atoms with Gasteiger partial charge in [-0.2, -0.15) is 15.4 Å². The Kier molecular flexibility index (Phi) is 5.48. The van der Waals surface area contributed by atoms with Crippen molar-refractivity contribution in [1.82, 2.24) is 25.2 Å². The highest BCUT2D eigenvalue weighted by molar-refractivity contribution is 5.91. The molecule has 0 atom stereocenters. The van der Waals surface area contributed by atoms with E-state index in [1.165, 1.54) is 5.56 Å². The molecule has 0 unspecified atom stereocenters. The van der Waals surface area contributed by atoms with Crippen LogP contribution in [0.25, 0.3) is 11.0 Å². The van der Waals surface area contributed by atoms with Crippen molar-refractivity contribution >= 4 is 22.8 Å². The van der Waals surface area contributed by atoms with Crippen molar-refractivity contribution in [3.8, 4) is 0 Å². The zero-order valence-corrected chi connectivity index (χ0v) is 15.4. The summed E-state index contributed by atoms with van der Waals surface area (Å²) in [5.41, 5.74) is 4.51. The molecule has 0 saturated heterocycles. The minimum Gasteiger partial charge on any atom is -0.319 e. The molecule has 26 heavy (non-hydrogen) atoms.